The zero-order chi connectivity index (χ0) is 18.1. The number of nitrogens with two attached hydrogens (primary N) is 1. The zero-order valence-electron chi connectivity index (χ0n) is 14.7. The molecule has 0 aromatic heterocycles. The SMILES string of the molecule is COC(=O)C(C(C)C)N1Cc2cc(-c3ccc(N)cc3)ccc2C1=O. The molecular formula is C20H22N2O3. The number of rotatable bonds is 4. The molecule has 2 aromatic carbocycles. The van der Waals surface area contributed by atoms with Crippen molar-refractivity contribution in [2.45, 2.75) is 26.4 Å². The summed E-state index contributed by atoms with van der Waals surface area (Å²) in [5.41, 5.74) is 10.1. The standard InChI is InChI=1S/C20H22N2O3/c1-12(2)18(20(24)25-3)22-11-15-10-14(6-9-17(15)19(22)23)13-4-7-16(21)8-5-13/h4-10,12,18H,11,21H2,1-3H3. The lowest BCUT2D eigenvalue weighted by Crippen LogP contribution is -2.45. The van der Waals surface area contributed by atoms with E-state index in [0.29, 0.717) is 17.8 Å². The summed E-state index contributed by atoms with van der Waals surface area (Å²) in [6.07, 6.45) is 0. The van der Waals surface area contributed by atoms with Crippen molar-refractivity contribution in [1.29, 1.82) is 0 Å². The molecule has 0 fully saturated rings. The fraction of sp³-hybridized carbons (Fsp3) is 0.300. The van der Waals surface area contributed by atoms with Crippen LogP contribution in [-0.4, -0.2) is 29.9 Å². The molecule has 0 radical (unpaired) electrons. The number of fused-ring (bicyclic) bond motifs is 1. The first kappa shape index (κ1) is 17.0. The molecule has 0 spiro atoms. The van der Waals surface area contributed by atoms with Gasteiger partial charge in [-0.1, -0.05) is 32.0 Å². The van der Waals surface area contributed by atoms with Gasteiger partial charge in [-0.15, -0.1) is 0 Å². The number of carbonyl (C=O) groups is 2. The van der Waals surface area contributed by atoms with Crippen LogP contribution in [0.3, 0.4) is 0 Å². The monoisotopic (exact) mass is 338 g/mol. The Balaban J connectivity index is 1.93. The topological polar surface area (TPSA) is 72.6 Å². The third-order valence-electron chi connectivity index (χ3n) is 4.59. The van der Waals surface area contributed by atoms with Gasteiger partial charge in [-0.25, -0.2) is 4.79 Å². The Kier molecular flexibility index (Phi) is 4.49. The Morgan fingerprint density at radius 1 is 1.12 bits per heavy atom. The molecule has 0 bridgehead atoms. The van der Waals surface area contributed by atoms with E-state index in [-0.39, 0.29) is 17.8 Å². The predicted octanol–water partition coefficient (Wildman–Crippen LogP) is 3.09. The molecule has 0 saturated carbocycles. The molecule has 2 N–H and O–H groups in total. The summed E-state index contributed by atoms with van der Waals surface area (Å²) in [5.74, 6) is -0.528. The first-order valence-electron chi connectivity index (χ1n) is 8.30. The number of ether oxygens (including phenoxy) is 1. The molecule has 1 heterocycles. The van der Waals surface area contributed by atoms with Crippen molar-refractivity contribution >= 4 is 17.6 Å². The molecule has 5 heteroatoms. The van der Waals surface area contributed by atoms with Crippen molar-refractivity contribution in [2.75, 3.05) is 12.8 Å². The van der Waals surface area contributed by atoms with Crippen LogP contribution in [0.15, 0.2) is 42.5 Å². The van der Waals surface area contributed by atoms with E-state index in [0.717, 1.165) is 16.7 Å². The second-order valence-electron chi connectivity index (χ2n) is 6.64. The highest BCUT2D eigenvalue weighted by atomic mass is 16.5. The molecule has 2 aromatic rings. The summed E-state index contributed by atoms with van der Waals surface area (Å²) < 4.78 is 4.89. The number of amides is 1. The lowest BCUT2D eigenvalue weighted by atomic mass is 10.0. The summed E-state index contributed by atoms with van der Waals surface area (Å²) in [5, 5.41) is 0. The average molecular weight is 338 g/mol. The number of methoxy groups -OCH3 is 1. The van der Waals surface area contributed by atoms with E-state index < -0.39 is 6.04 Å². The summed E-state index contributed by atoms with van der Waals surface area (Å²) in [4.78, 5) is 26.5. The molecule has 1 amide bonds. The second-order valence-corrected chi connectivity index (χ2v) is 6.64. The Hall–Kier alpha value is -2.82. The summed E-state index contributed by atoms with van der Waals surface area (Å²) >= 11 is 0. The molecule has 130 valence electrons. The second kappa shape index (κ2) is 6.59. The van der Waals surface area contributed by atoms with Crippen molar-refractivity contribution in [3.8, 4) is 11.1 Å². The van der Waals surface area contributed by atoms with Crippen LogP contribution in [0.25, 0.3) is 11.1 Å². The fourth-order valence-corrected chi connectivity index (χ4v) is 3.30. The highest BCUT2D eigenvalue weighted by Gasteiger charge is 2.38. The van der Waals surface area contributed by atoms with Crippen LogP contribution in [0.1, 0.15) is 29.8 Å². The molecule has 25 heavy (non-hydrogen) atoms. The van der Waals surface area contributed by atoms with E-state index in [4.69, 9.17) is 10.5 Å². The van der Waals surface area contributed by atoms with Crippen LogP contribution >= 0.6 is 0 Å². The van der Waals surface area contributed by atoms with E-state index in [1.54, 1.807) is 4.90 Å². The quantitative estimate of drug-likeness (QED) is 0.687. The van der Waals surface area contributed by atoms with Crippen molar-refractivity contribution in [3.63, 3.8) is 0 Å². The van der Waals surface area contributed by atoms with Gasteiger partial charge in [0.05, 0.1) is 7.11 Å². The van der Waals surface area contributed by atoms with E-state index in [9.17, 15) is 9.59 Å². The van der Waals surface area contributed by atoms with Crippen molar-refractivity contribution in [2.24, 2.45) is 5.92 Å². The van der Waals surface area contributed by atoms with Crippen LogP contribution in [0.4, 0.5) is 5.69 Å². The Labute approximate surface area is 147 Å². The maximum atomic E-state index is 12.8. The lowest BCUT2D eigenvalue weighted by Gasteiger charge is -2.28. The van der Waals surface area contributed by atoms with E-state index >= 15 is 0 Å². The molecule has 1 aliphatic heterocycles. The van der Waals surface area contributed by atoms with Crippen molar-refractivity contribution in [3.05, 3.63) is 53.6 Å². The van der Waals surface area contributed by atoms with Gasteiger partial charge in [0, 0.05) is 17.8 Å². The van der Waals surface area contributed by atoms with Gasteiger partial charge in [0.15, 0.2) is 0 Å². The minimum atomic E-state index is -0.579. The number of nitrogens with zero attached hydrogens (tertiary/aromatic N) is 1. The molecule has 1 unspecified atom stereocenters. The van der Waals surface area contributed by atoms with Crippen LogP contribution in [0.2, 0.25) is 0 Å². The van der Waals surface area contributed by atoms with Crippen LogP contribution in [0, 0.1) is 5.92 Å². The normalized spacial score (nSPS) is 14.6. The number of nitrogen functional groups attached to an aromatic ring is 1. The van der Waals surface area contributed by atoms with E-state index in [2.05, 4.69) is 0 Å². The van der Waals surface area contributed by atoms with Gasteiger partial charge in [0.2, 0.25) is 0 Å². The molecule has 0 saturated heterocycles. The molecule has 1 aliphatic rings. The smallest absolute Gasteiger partial charge is 0.328 e. The van der Waals surface area contributed by atoms with Gasteiger partial charge in [-0.3, -0.25) is 4.79 Å². The Bertz CT molecular complexity index is 812. The van der Waals surface area contributed by atoms with Gasteiger partial charge in [0.25, 0.3) is 5.91 Å². The molecule has 3 rings (SSSR count). The number of carbonyl (C=O) groups excluding carboxylic acids is 2. The van der Waals surface area contributed by atoms with Crippen LogP contribution in [-0.2, 0) is 16.1 Å². The highest BCUT2D eigenvalue weighted by molar-refractivity contribution is 6.01. The van der Waals surface area contributed by atoms with E-state index in [1.165, 1.54) is 7.11 Å². The minimum Gasteiger partial charge on any atom is -0.467 e. The van der Waals surface area contributed by atoms with Crippen molar-refractivity contribution < 1.29 is 14.3 Å². The zero-order valence-corrected chi connectivity index (χ0v) is 14.7. The predicted molar refractivity (Wildman–Crippen MR) is 96.8 cm³/mol. The highest BCUT2D eigenvalue weighted by Crippen LogP contribution is 2.31. The minimum absolute atomic E-state index is 0.0257. The third-order valence-corrected chi connectivity index (χ3v) is 4.59. The third kappa shape index (κ3) is 3.09. The Morgan fingerprint density at radius 2 is 1.76 bits per heavy atom. The van der Waals surface area contributed by atoms with Gasteiger partial charge >= 0.3 is 5.97 Å². The van der Waals surface area contributed by atoms with Gasteiger partial charge in [-0.2, -0.15) is 0 Å². The number of esters is 1. The molecule has 1 atom stereocenters. The fourth-order valence-electron chi connectivity index (χ4n) is 3.30. The number of hydrogen-bond acceptors (Lipinski definition) is 4. The summed E-state index contributed by atoms with van der Waals surface area (Å²) in [6.45, 7) is 4.24. The molecule has 0 aliphatic carbocycles. The largest absolute Gasteiger partial charge is 0.467 e. The van der Waals surface area contributed by atoms with Gasteiger partial charge < -0.3 is 15.4 Å². The maximum absolute atomic E-state index is 12.8. The molecule has 5 nitrogen and oxygen atoms in total. The first-order chi connectivity index (χ1) is 11.9. The average Bonchev–Trinajstić information content (AvgIpc) is 2.91. The maximum Gasteiger partial charge on any atom is 0.328 e. The van der Waals surface area contributed by atoms with Gasteiger partial charge in [0.1, 0.15) is 6.04 Å². The van der Waals surface area contributed by atoms with Crippen molar-refractivity contribution in [1.82, 2.24) is 4.90 Å². The van der Waals surface area contributed by atoms with Crippen LogP contribution < -0.4 is 5.73 Å². The number of anilines is 1. The number of benzene rings is 2. The van der Waals surface area contributed by atoms with E-state index in [1.807, 2.05) is 56.3 Å². The summed E-state index contributed by atoms with van der Waals surface area (Å²) in [6, 6.07) is 12.8. The number of hydrogen-bond donors (Lipinski definition) is 1. The lowest BCUT2D eigenvalue weighted by molar-refractivity contribution is -0.147. The summed E-state index contributed by atoms with van der Waals surface area (Å²) in [7, 11) is 1.35. The first-order valence-corrected chi connectivity index (χ1v) is 8.30. The molecular weight excluding hydrogens is 316 g/mol. The van der Waals surface area contributed by atoms with Gasteiger partial charge in [-0.05, 0) is 46.9 Å². The van der Waals surface area contributed by atoms with Crippen LogP contribution in [0.5, 0.6) is 0 Å². The Morgan fingerprint density at radius 3 is 2.36 bits per heavy atom.